The summed E-state index contributed by atoms with van der Waals surface area (Å²) >= 11 is 0. The molecule has 0 aliphatic heterocycles. The molecule has 0 fully saturated rings. The molecule has 6 nitrogen and oxygen atoms in total. The van der Waals surface area contributed by atoms with Gasteiger partial charge in [-0.2, -0.15) is 0 Å². The van der Waals surface area contributed by atoms with Gasteiger partial charge in [0, 0.05) is 6.04 Å². The van der Waals surface area contributed by atoms with Gasteiger partial charge < -0.3 is 20.7 Å². The van der Waals surface area contributed by atoms with E-state index in [4.69, 9.17) is 10.8 Å². The molecule has 1 rings (SSSR count). The Bertz CT molecular complexity index is 546. The number of ether oxygens (including phenoxy) is 1. The Hall–Kier alpha value is -1.92. The van der Waals surface area contributed by atoms with E-state index in [0.29, 0.717) is 0 Å². The van der Waals surface area contributed by atoms with Gasteiger partial charge in [-0.05, 0) is 36.8 Å². The minimum atomic E-state index is -1.17. The van der Waals surface area contributed by atoms with Gasteiger partial charge in [-0.25, -0.2) is 0 Å². The highest BCUT2D eigenvalue weighted by molar-refractivity contribution is 5.94. The molecule has 1 aromatic rings. The van der Waals surface area contributed by atoms with Gasteiger partial charge in [0.2, 0.25) is 0 Å². The number of benzene rings is 1. The van der Waals surface area contributed by atoms with E-state index in [1.807, 2.05) is 24.3 Å². The fraction of sp³-hybridized carbons (Fsp3) is 0.579. The molecule has 0 aliphatic carbocycles. The average Bonchev–Trinajstić information content (AvgIpc) is 2.62. The van der Waals surface area contributed by atoms with Crippen molar-refractivity contribution in [1.82, 2.24) is 0 Å². The molecule has 4 N–H and O–H groups in total. The second-order valence-electron chi connectivity index (χ2n) is 6.28. The molecule has 0 spiro atoms. The Morgan fingerprint density at radius 3 is 2.36 bits per heavy atom. The molecule has 0 amide bonds. The van der Waals surface area contributed by atoms with E-state index in [1.54, 1.807) is 0 Å². The normalized spacial score (nSPS) is 13.2. The lowest BCUT2D eigenvalue weighted by molar-refractivity contribution is -0.156. The molecular weight excluding hydrogens is 322 g/mol. The third kappa shape index (κ3) is 7.67. The average molecular weight is 351 g/mol. The summed E-state index contributed by atoms with van der Waals surface area (Å²) in [4.78, 5) is 22.9. The van der Waals surface area contributed by atoms with Gasteiger partial charge in [0.25, 0.3) is 0 Å². The lowest BCUT2D eigenvalue weighted by Gasteiger charge is -2.14. The zero-order chi connectivity index (χ0) is 18.7. The zero-order valence-electron chi connectivity index (χ0n) is 14.8. The number of aryl methyl sites for hydroxylation is 1. The van der Waals surface area contributed by atoms with Gasteiger partial charge >= 0.3 is 11.9 Å². The third-order valence-corrected chi connectivity index (χ3v) is 4.33. The number of hydrogen-bond acceptors (Lipinski definition) is 5. The number of esters is 1. The van der Waals surface area contributed by atoms with Crippen LogP contribution in [0.3, 0.4) is 0 Å². The van der Waals surface area contributed by atoms with Crippen LogP contribution in [0.25, 0.3) is 0 Å². The number of aliphatic carboxylic acids is 1. The molecule has 25 heavy (non-hydrogen) atoms. The Kier molecular flexibility index (Phi) is 9.80. The van der Waals surface area contributed by atoms with Crippen LogP contribution in [-0.2, 0) is 27.2 Å². The van der Waals surface area contributed by atoms with Crippen LogP contribution in [0.4, 0.5) is 0 Å². The maximum atomic E-state index is 11.7. The van der Waals surface area contributed by atoms with Crippen LogP contribution in [0.2, 0.25) is 0 Å². The lowest BCUT2D eigenvalue weighted by Crippen LogP contribution is -2.27. The number of rotatable bonds is 12. The van der Waals surface area contributed by atoms with E-state index in [2.05, 4.69) is 4.74 Å². The quantitative estimate of drug-likeness (QED) is 0.301. The molecule has 1 aromatic carbocycles. The molecular formula is C19H29NO5. The molecule has 1 unspecified atom stereocenters. The van der Waals surface area contributed by atoms with Crippen molar-refractivity contribution in [2.24, 2.45) is 11.7 Å². The van der Waals surface area contributed by atoms with Gasteiger partial charge in [-0.1, -0.05) is 43.5 Å². The standard InChI is InChI=1S/C19H29NO5/c1-25-19(24)17(18(22)23)12-15-10-7-6-9-14(15)8-4-2-3-5-11-16(20)13-21/h6-7,9-10,16-17,21H,2-5,8,11-13,20H2,1H3,(H,22,23)/t16-,17?/m0/s1. The SMILES string of the molecule is COC(=O)C(Cc1ccccc1CCCCCC[C@H](N)CO)C(=O)O. The number of unbranched alkanes of at least 4 members (excludes halogenated alkanes) is 3. The summed E-state index contributed by atoms with van der Waals surface area (Å²) in [6.07, 6.45) is 5.89. The van der Waals surface area contributed by atoms with E-state index in [0.717, 1.165) is 49.7 Å². The number of aliphatic hydroxyl groups excluding tert-OH is 1. The highest BCUT2D eigenvalue weighted by Crippen LogP contribution is 2.18. The van der Waals surface area contributed by atoms with E-state index in [9.17, 15) is 14.7 Å². The molecule has 0 bridgehead atoms. The van der Waals surface area contributed by atoms with Crippen LogP contribution in [-0.4, -0.2) is 41.9 Å². The fourth-order valence-electron chi connectivity index (χ4n) is 2.80. The molecule has 0 radical (unpaired) electrons. The lowest BCUT2D eigenvalue weighted by atomic mass is 9.93. The van der Waals surface area contributed by atoms with E-state index in [-0.39, 0.29) is 19.1 Å². The summed E-state index contributed by atoms with van der Waals surface area (Å²) < 4.78 is 4.59. The Morgan fingerprint density at radius 2 is 1.76 bits per heavy atom. The van der Waals surface area contributed by atoms with Gasteiger partial charge in [0.15, 0.2) is 5.92 Å². The predicted molar refractivity (Wildman–Crippen MR) is 95.1 cm³/mol. The maximum Gasteiger partial charge on any atom is 0.320 e. The molecule has 6 heteroatoms. The summed E-state index contributed by atoms with van der Waals surface area (Å²) in [5.74, 6) is -3.06. The van der Waals surface area contributed by atoms with Crippen LogP contribution in [0.15, 0.2) is 24.3 Å². The number of carbonyl (C=O) groups excluding carboxylic acids is 1. The van der Waals surface area contributed by atoms with Crippen molar-refractivity contribution < 1.29 is 24.5 Å². The van der Waals surface area contributed by atoms with Gasteiger partial charge in [-0.3, -0.25) is 9.59 Å². The number of methoxy groups -OCH3 is 1. The largest absolute Gasteiger partial charge is 0.481 e. The molecule has 2 atom stereocenters. The summed E-state index contributed by atoms with van der Waals surface area (Å²) in [5.41, 5.74) is 7.62. The molecule has 0 aromatic heterocycles. The highest BCUT2D eigenvalue weighted by atomic mass is 16.5. The Morgan fingerprint density at radius 1 is 1.12 bits per heavy atom. The number of aliphatic hydroxyl groups is 1. The first-order chi connectivity index (χ1) is 12.0. The van der Waals surface area contributed by atoms with E-state index < -0.39 is 17.9 Å². The molecule has 0 saturated carbocycles. The zero-order valence-corrected chi connectivity index (χ0v) is 14.8. The minimum Gasteiger partial charge on any atom is -0.481 e. The number of hydrogen-bond donors (Lipinski definition) is 3. The fourth-order valence-corrected chi connectivity index (χ4v) is 2.80. The summed E-state index contributed by atoms with van der Waals surface area (Å²) in [6, 6.07) is 7.49. The highest BCUT2D eigenvalue weighted by Gasteiger charge is 2.28. The van der Waals surface area contributed by atoms with E-state index in [1.165, 1.54) is 7.11 Å². The Balaban J connectivity index is 2.53. The van der Waals surface area contributed by atoms with Crippen molar-refractivity contribution in [1.29, 1.82) is 0 Å². The molecule has 140 valence electrons. The van der Waals surface area contributed by atoms with Crippen LogP contribution < -0.4 is 5.73 Å². The second kappa shape index (κ2) is 11.6. The maximum absolute atomic E-state index is 11.7. The van der Waals surface area contributed by atoms with E-state index >= 15 is 0 Å². The minimum absolute atomic E-state index is 0.0261. The third-order valence-electron chi connectivity index (χ3n) is 4.33. The first-order valence-corrected chi connectivity index (χ1v) is 8.73. The molecule has 0 aliphatic rings. The van der Waals surface area contributed by atoms with Gasteiger partial charge in [0.05, 0.1) is 13.7 Å². The molecule has 0 heterocycles. The summed E-state index contributed by atoms with van der Waals surface area (Å²) in [5, 5.41) is 18.1. The second-order valence-corrected chi connectivity index (χ2v) is 6.28. The predicted octanol–water partition coefficient (Wildman–Crippen LogP) is 1.92. The smallest absolute Gasteiger partial charge is 0.320 e. The van der Waals surface area contributed by atoms with Gasteiger partial charge in [-0.15, -0.1) is 0 Å². The molecule has 0 saturated heterocycles. The van der Waals surface area contributed by atoms with Crippen molar-refractivity contribution in [2.45, 2.75) is 51.0 Å². The number of carboxylic acids is 1. The van der Waals surface area contributed by atoms with Crippen molar-refractivity contribution >= 4 is 11.9 Å². The summed E-state index contributed by atoms with van der Waals surface area (Å²) in [7, 11) is 1.20. The Labute approximate surface area is 149 Å². The van der Waals surface area contributed by atoms with Crippen molar-refractivity contribution in [3.8, 4) is 0 Å². The van der Waals surface area contributed by atoms with Crippen molar-refractivity contribution in [3.63, 3.8) is 0 Å². The number of nitrogens with two attached hydrogens (primary N) is 1. The van der Waals surface area contributed by atoms with Crippen LogP contribution in [0.1, 0.15) is 43.2 Å². The first kappa shape index (κ1) is 21.1. The topological polar surface area (TPSA) is 110 Å². The van der Waals surface area contributed by atoms with Crippen LogP contribution >= 0.6 is 0 Å². The van der Waals surface area contributed by atoms with Crippen LogP contribution in [0, 0.1) is 5.92 Å². The summed E-state index contributed by atoms with van der Waals surface area (Å²) in [6.45, 7) is 0.0261. The first-order valence-electron chi connectivity index (χ1n) is 8.73. The monoisotopic (exact) mass is 351 g/mol. The van der Waals surface area contributed by atoms with Crippen LogP contribution in [0.5, 0.6) is 0 Å². The van der Waals surface area contributed by atoms with Crippen molar-refractivity contribution in [3.05, 3.63) is 35.4 Å². The number of carboxylic acid groups (broad SMARTS) is 1. The van der Waals surface area contributed by atoms with Gasteiger partial charge in [0.1, 0.15) is 0 Å². The van der Waals surface area contributed by atoms with Crippen molar-refractivity contribution in [2.75, 3.05) is 13.7 Å². The number of carbonyl (C=O) groups is 2.